The van der Waals surface area contributed by atoms with Gasteiger partial charge in [-0.1, -0.05) is 6.92 Å². The molecule has 1 N–H and O–H groups in total. The van der Waals surface area contributed by atoms with Crippen molar-refractivity contribution in [2.24, 2.45) is 5.41 Å². The molecule has 8 nitrogen and oxygen atoms in total. The van der Waals surface area contributed by atoms with Crippen molar-refractivity contribution in [2.75, 3.05) is 20.1 Å². The first-order valence-electron chi connectivity index (χ1n) is 9.02. The summed E-state index contributed by atoms with van der Waals surface area (Å²) >= 11 is 0. The number of carbonyl (C=O) groups excluding carboxylic acids is 2. The molecule has 26 heavy (non-hydrogen) atoms. The number of rotatable bonds is 3. The van der Waals surface area contributed by atoms with Gasteiger partial charge in [0.05, 0.1) is 0 Å². The Morgan fingerprint density at radius 3 is 2.88 bits per heavy atom. The Balaban J connectivity index is 1.50. The summed E-state index contributed by atoms with van der Waals surface area (Å²) in [6.45, 7) is 3.38. The molecule has 2 fully saturated rings. The number of H-pyrrole nitrogens is 1. The highest BCUT2D eigenvalue weighted by molar-refractivity contribution is 5.95. The van der Waals surface area contributed by atoms with E-state index in [1.165, 1.54) is 4.40 Å². The van der Waals surface area contributed by atoms with Crippen molar-refractivity contribution in [3.05, 3.63) is 34.4 Å². The molecule has 4 rings (SSSR count). The van der Waals surface area contributed by atoms with Crippen molar-refractivity contribution >= 4 is 17.5 Å². The molecule has 2 aromatic heterocycles. The highest BCUT2D eigenvalue weighted by atomic mass is 16.2. The van der Waals surface area contributed by atoms with Crippen LogP contribution in [0.3, 0.4) is 0 Å². The summed E-state index contributed by atoms with van der Waals surface area (Å²) in [5.74, 6) is 0.0975. The first-order valence-corrected chi connectivity index (χ1v) is 9.02. The SMILES string of the molecule is CN(C(=O)c1ccn2c(=O)[nH]nc2c1)[C@H]1CCCN(C(=O)C2(C)CC2)C1. The van der Waals surface area contributed by atoms with Crippen molar-refractivity contribution < 1.29 is 9.59 Å². The number of aromatic amines is 1. The minimum Gasteiger partial charge on any atom is -0.340 e. The van der Waals surface area contributed by atoms with E-state index in [9.17, 15) is 14.4 Å². The van der Waals surface area contributed by atoms with Gasteiger partial charge in [-0.2, -0.15) is 5.10 Å². The van der Waals surface area contributed by atoms with Gasteiger partial charge in [-0.05, 0) is 37.8 Å². The van der Waals surface area contributed by atoms with Gasteiger partial charge in [0.2, 0.25) is 5.91 Å². The van der Waals surface area contributed by atoms with E-state index in [2.05, 4.69) is 10.2 Å². The van der Waals surface area contributed by atoms with Crippen molar-refractivity contribution in [3.63, 3.8) is 0 Å². The zero-order chi connectivity index (χ0) is 18.5. The number of piperidine rings is 1. The van der Waals surface area contributed by atoms with Crippen LogP contribution in [0.5, 0.6) is 0 Å². The quantitative estimate of drug-likeness (QED) is 0.883. The third-order valence-corrected chi connectivity index (χ3v) is 5.73. The normalized spacial score (nSPS) is 21.6. The number of likely N-dealkylation sites (N-methyl/N-ethyl adjacent to an activating group) is 1. The second kappa shape index (κ2) is 5.96. The molecule has 2 aliphatic rings. The van der Waals surface area contributed by atoms with E-state index in [1.807, 2.05) is 11.8 Å². The van der Waals surface area contributed by atoms with Gasteiger partial charge in [-0.15, -0.1) is 0 Å². The van der Waals surface area contributed by atoms with Crippen LogP contribution in [0.15, 0.2) is 23.1 Å². The van der Waals surface area contributed by atoms with Crippen LogP contribution in [0.2, 0.25) is 0 Å². The van der Waals surface area contributed by atoms with E-state index in [-0.39, 0.29) is 29.0 Å². The van der Waals surface area contributed by atoms with Gasteiger partial charge in [-0.3, -0.25) is 14.0 Å². The van der Waals surface area contributed by atoms with Crippen LogP contribution in [-0.2, 0) is 4.79 Å². The lowest BCUT2D eigenvalue weighted by atomic mass is 10.0. The molecular formula is C18H23N5O3. The maximum atomic E-state index is 12.9. The summed E-state index contributed by atoms with van der Waals surface area (Å²) < 4.78 is 1.36. The Labute approximate surface area is 150 Å². The van der Waals surface area contributed by atoms with Gasteiger partial charge in [0.15, 0.2) is 5.65 Å². The van der Waals surface area contributed by atoms with Crippen molar-refractivity contribution in [1.82, 2.24) is 24.4 Å². The van der Waals surface area contributed by atoms with Gasteiger partial charge in [0.1, 0.15) is 0 Å². The van der Waals surface area contributed by atoms with Crippen molar-refractivity contribution in [2.45, 2.75) is 38.6 Å². The Hall–Kier alpha value is -2.64. The average molecular weight is 357 g/mol. The van der Waals surface area contributed by atoms with E-state index in [4.69, 9.17) is 0 Å². The van der Waals surface area contributed by atoms with Crippen molar-refractivity contribution in [1.29, 1.82) is 0 Å². The van der Waals surface area contributed by atoms with Crippen LogP contribution >= 0.6 is 0 Å². The highest BCUT2D eigenvalue weighted by Gasteiger charge is 2.48. The number of hydrogen-bond donors (Lipinski definition) is 1. The van der Waals surface area contributed by atoms with E-state index < -0.39 is 0 Å². The van der Waals surface area contributed by atoms with E-state index in [0.717, 1.165) is 32.2 Å². The number of nitrogens with one attached hydrogen (secondary N) is 1. The van der Waals surface area contributed by atoms with Crippen LogP contribution in [0.1, 0.15) is 43.0 Å². The van der Waals surface area contributed by atoms with E-state index >= 15 is 0 Å². The lowest BCUT2D eigenvalue weighted by Gasteiger charge is -2.38. The summed E-state index contributed by atoms with van der Waals surface area (Å²) in [6, 6.07) is 3.23. The monoisotopic (exact) mass is 357 g/mol. The number of aromatic nitrogens is 3. The highest BCUT2D eigenvalue weighted by Crippen LogP contribution is 2.46. The first kappa shape index (κ1) is 16.8. The topological polar surface area (TPSA) is 90.8 Å². The van der Waals surface area contributed by atoms with Crippen LogP contribution in [-0.4, -0.2) is 62.4 Å². The number of likely N-dealkylation sites (tertiary alicyclic amines) is 1. The predicted octanol–water partition coefficient (Wildman–Crippen LogP) is 0.886. The number of hydrogen-bond acceptors (Lipinski definition) is 4. The second-order valence-electron chi connectivity index (χ2n) is 7.70. The number of pyridine rings is 1. The molecule has 3 heterocycles. The summed E-state index contributed by atoms with van der Waals surface area (Å²) in [5.41, 5.74) is 0.387. The Kier molecular flexibility index (Phi) is 3.86. The van der Waals surface area contributed by atoms with Crippen LogP contribution in [0.4, 0.5) is 0 Å². The number of amides is 2. The lowest BCUT2D eigenvalue weighted by Crippen LogP contribution is -2.51. The zero-order valence-electron chi connectivity index (χ0n) is 15.1. The zero-order valence-corrected chi connectivity index (χ0v) is 15.1. The largest absolute Gasteiger partial charge is 0.347 e. The molecular weight excluding hydrogens is 334 g/mol. The van der Waals surface area contributed by atoms with E-state index in [0.29, 0.717) is 17.8 Å². The predicted molar refractivity (Wildman–Crippen MR) is 94.8 cm³/mol. The molecule has 1 aliphatic carbocycles. The number of fused-ring (bicyclic) bond motifs is 1. The standard InChI is InChI=1S/C18H23N5O3/c1-18(6-7-18)16(25)22-8-3-4-13(11-22)21(2)15(24)12-5-9-23-14(10-12)19-20-17(23)26/h5,9-10,13H,3-4,6-8,11H2,1-2H3,(H,20,26)/t13-/m0/s1. The van der Waals surface area contributed by atoms with Gasteiger partial charge < -0.3 is 9.80 Å². The summed E-state index contributed by atoms with van der Waals surface area (Å²) in [6.07, 6.45) is 5.26. The van der Waals surface area contributed by atoms with Gasteiger partial charge >= 0.3 is 5.69 Å². The molecule has 1 saturated heterocycles. The molecule has 138 valence electrons. The minimum atomic E-state index is -0.331. The molecule has 8 heteroatoms. The lowest BCUT2D eigenvalue weighted by molar-refractivity contribution is -0.138. The molecule has 1 aliphatic heterocycles. The Morgan fingerprint density at radius 1 is 1.38 bits per heavy atom. The third-order valence-electron chi connectivity index (χ3n) is 5.73. The fraction of sp³-hybridized carbons (Fsp3) is 0.556. The number of carbonyl (C=O) groups is 2. The molecule has 0 spiro atoms. The fourth-order valence-corrected chi connectivity index (χ4v) is 3.65. The molecule has 0 unspecified atom stereocenters. The van der Waals surface area contributed by atoms with Gasteiger partial charge in [0.25, 0.3) is 5.91 Å². The maximum absolute atomic E-state index is 12.9. The molecule has 1 atom stereocenters. The number of nitrogens with zero attached hydrogens (tertiary/aromatic N) is 4. The van der Waals surface area contributed by atoms with Gasteiger partial charge in [0, 0.05) is 43.4 Å². The molecule has 2 aromatic rings. The maximum Gasteiger partial charge on any atom is 0.347 e. The second-order valence-corrected chi connectivity index (χ2v) is 7.70. The Morgan fingerprint density at radius 2 is 2.15 bits per heavy atom. The van der Waals surface area contributed by atoms with E-state index in [1.54, 1.807) is 30.3 Å². The molecule has 2 amide bonds. The van der Waals surface area contributed by atoms with Crippen LogP contribution in [0, 0.1) is 5.41 Å². The third kappa shape index (κ3) is 2.79. The summed E-state index contributed by atoms with van der Waals surface area (Å²) in [7, 11) is 1.78. The average Bonchev–Trinajstić information content (AvgIpc) is 3.32. The Bertz CT molecular complexity index is 926. The summed E-state index contributed by atoms with van der Waals surface area (Å²) in [4.78, 5) is 40.7. The molecule has 0 aromatic carbocycles. The van der Waals surface area contributed by atoms with Crippen LogP contribution < -0.4 is 5.69 Å². The fourth-order valence-electron chi connectivity index (χ4n) is 3.65. The summed E-state index contributed by atoms with van der Waals surface area (Å²) in [5, 5.41) is 6.27. The van der Waals surface area contributed by atoms with Gasteiger partial charge in [-0.25, -0.2) is 9.89 Å². The first-order chi connectivity index (χ1) is 12.4. The smallest absolute Gasteiger partial charge is 0.340 e. The molecule has 0 radical (unpaired) electrons. The molecule has 0 bridgehead atoms. The minimum absolute atomic E-state index is 0.000142. The van der Waals surface area contributed by atoms with Crippen molar-refractivity contribution in [3.8, 4) is 0 Å². The molecule has 1 saturated carbocycles. The van der Waals surface area contributed by atoms with Crippen LogP contribution in [0.25, 0.3) is 5.65 Å².